The lowest BCUT2D eigenvalue weighted by molar-refractivity contribution is 0.0939. The van der Waals surface area contributed by atoms with E-state index in [1.807, 2.05) is 49.4 Å². The Hall–Kier alpha value is -3.86. The number of methoxy groups -OCH3 is 1. The second-order valence-corrected chi connectivity index (χ2v) is 7.54. The lowest BCUT2D eigenvalue weighted by Gasteiger charge is -2.16. The van der Waals surface area contributed by atoms with Crippen molar-refractivity contribution in [2.24, 2.45) is 0 Å². The second-order valence-electron chi connectivity index (χ2n) is 7.54. The number of hydrogen-bond acceptors (Lipinski definition) is 3. The van der Waals surface area contributed by atoms with Gasteiger partial charge in [0, 0.05) is 16.5 Å². The van der Waals surface area contributed by atoms with Gasteiger partial charge in [-0.3, -0.25) is 4.79 Å². The van der Waals surface area contributed by atoms with E-state index in [4.69, 9.17) is 9.47 Å². The second kappa shape index (κ2) is 9.52. The number of hydrogen-bond donors (Lipinski definition) is 1. The van der Waals surface area contributed by atoms with Gasteiger partial charge in [-0.1, -0.05) is 48.5 Å². The molecule has 1 N–H and O–H groups in total. The molecule has 0 saturated carbocycles. The molecule has 0 radical (unpaired) electrons. The van der Waals surface area contributed by atoms with Gasteiger partial charge in [-0.2, -0.15) is 0 Å². The van der Waals surface area contributed by atoms with Crippen LogP contribution in [0.5, 0.6) is 11.5 Å². The van der Waals surface area contributed by atoms with E-state index in [0.717, 1.165) is 27.6 Å². The van der Waals surface area contributed by atoms with Crippen LogP contribution in [0.2, 0.25) is 0 Å². The number of carbonyl (C=O) groups is 1. The van der Waals surface area contributed by atoms with E-state index in [0.29, 0.717) is 11.3 Å². The first-order valence-corrected chi connectivity index (χ1v) is 10.4. The third kappa shape index (κ3) is 4.72. The highest BCUT2D eigenvalue weighted by Crippen LogP contribution is 2.28. The minimum absolute atomic E-state index is 0.226. The van der Waals surface area contributed by atoms with Crippen LogP contribution in [0.4, 0.5) is 4.39 Å². The Labute approximate surface area is 186 Å². The maximum Gasteiger partial charge on any atom is 0.251 e. The zero-order valence-electron chi connectivity index (χ0n) is 18.0. The Morgan fingerprint density at radius 2 is 1.69 bits per heavy atom. The average molecular weight is 429 g/mol. The number of nitrogens with one attached hydrogen (secondary N) is 1. The number of ether oxygens (including phenoxy) is 2. The Balaban J connectivity index is 1.51. The van der Waals surface area contributed by atoms with Gasteiger partial charge in [-0.05, 0) is 54.3 Å². The minimum atomic E-state index is -0.307. The Bertz CT molecular complexity index is 1230. The summed E-state index contributed by atoms with van der Waals surface area (Å²) in [5, 5.41) is 5.07. The highest BCUT2D eigenvalue weighted by atomic mass is 19.1. The van der Waals surface area contributed by atoms with Gasteiger partial charge in [-0.15, -0.1) is 0 Å². The third-order valence-corrected chi connectivity index (χ3v) is 5.39. The molecule has 32 heavy (non-hydrogen) atoms. The summed E-state index contributed by atoms with van der Waals surface area (Å²) >= 11 is 0. The number of halogens is 1. The molecule has 0 bridgehead atoms. The molecule has 4 nitrogen and oxygen atoms in total. The molecule has 0 aliphatic heterocycles. The van der Waals surface area contributed by atoms with Crippen LogP contribution in [0.1, 0.15) is 34.5 Å². The fraction of sp³-hybridized carbons (Fsp3) is 0.148. The zero-order valence-corrected chi connectivity index (χ0v) is 18.0. The first-order chi connectivity index (χ1) is 15.5. The van der Waals surface area contributed by atoms with Crippen LogP contribution >= 0.6 is 0 Å². The average Bonchev–Trinajstić information content (AvgIpc) is 2.82. The summed E-state index contributed by atoms with van der Waals surface area (Å²) in [5.74, 6) is 0.882. The summed E-state index contributed by atoms with van der Waals surface area (Å²) in [4.78, 5) is 12.8. The molecule has 1 atom stereocenters. The van der Waals surface area contributed by atoms with Crippen molar-refractivity contribution in [3.8, 4) is 11.5 Å². The van der Waals surface area contributed by atoms with Crippen LogP contribution < -0.4 is 14.8 Å². The van der Waals surface area contributed by atoms with Gasteiger partial charge in [0.15, 0.2) is 0 Å². The van der Waals surface area contributed by atoms with Crippen LogP contribution in [0, 0.1) is 5.82 Å². The molecule has 0 aliphatic carbocycles. The number of amides is 1. The van der Waals surface area contributed by atoms with Crippen molar-refractivity contribution in [2.75, 3.05) is 7.11 Å². The minimum Gasteiger partial charge on any atom is -0.496 e. The zero-order chi connectivity index (χ0) is 22.5. The summed E-state index contributed by atoms with van der Waals surface area (Å²) in [6.07, 6.45) is 0. The van der Waals surface area contributed by atoms with Crippen molar-refractivity contribution in [3.05, 3.63) is 107 Å². The van der Waals surface area contributed by atoms with E-state index in [9.17, 15) is 9.18 Å². The fourth-order valence-electron chi connectivity index (χ4n) is 3.62. The predicted octanol–water partition coefficient (Wildman–Crippen LogP) is 6.06. The fourth-order valence-corrected chi connectivity index (χ4v) is 3.62. The first-order valence-electron chi connectivity index (χ1n) is 10.4. The molecule has 1 amide bonds. The summed E-state index contributed by atoms with van der Waals surface area (Å²) in [7, 11) is 1.59. The Morgan fingerprint density at radius 1 is 0.938 bits per heavy atom. The normalized spacial score (nSPS) is 11.7. The number of fused-ring (bicyclic) bond motifs is 1. The van der Waals surface area contributed by atoms with Crippen molar-refractivity contribution in [2.45, 2.75) is 19.6 Å². The van der Waals surface area contributed by atoms with Crippen LogP contribution in [-0.4, -0.2) is 13.0 Å². The number of benzene rings is 4. The van der Waals surface area contributed by atoms with E-state index in [1.54, 1.807) is 37.4 Å². The largest absolute Gasteiger partial charge is 0.496 e. The quantitative estimate of drug-likeness (QED) is 0.389. The van der Waals surface area contributed by atoms with Crippen molar-refractivity contribution in [3.63, 3.8) is 0 Å². The standard InChI is InChI=1S/C27H24FNO3/c1-18(19-10-13-23(28)14-11-19)29-27(30)21-12-15-25(31-2)22(16-21)17-32-26-9-5-7-20-6-3-4-8-24(20)26/h3-16,18H,17H2,1-2H3,(H,29,30)/t18-/m0/s1. The molecule has 4 aromatic carbocycles. The van der Waals surface area contributed by atoms with E-state index in [2.05, 4.69) is 5.32 Å². The topological polar surface area (TPSA) is 47.6 Å². The summed E-state index contributed by atoms with van der Waals surface area (Å²) in [6, 6.07) is 25.0. The first kappa shape index (κ1) is 21.4. The van der Waals surface area contributed by atoms with Crippen molar-refractivity contribution >= 4 is 16.7 Å². The van der Waals surface area contributed by atoms with Gasteiger partial charge in [0.25, 0.3) is 5.91 Å². The summed E-state index contributed by atoms with van der Waals surface area (Å²) in [5.41, 5.74) is 2.09. The third-order valence-electron chi connectivity index (χ3n) is 5.39. The lowest BCUT2D eigenvalue weighted by atomic mass is 10.1. The highest BCUT2D eigenvalue weighted by molar-refractivity contribution is 5.95. The van der Waals surface area contributed by atoms with E-state index >= 15 is 0 Å². The molecule has 0 saturated heterocycles. The van der Waals surface area contributed by atoms with Crippen LogP contribution in [0.25, 0.3) is 10.8 Å². The van der Waals surface area contributed by atoms with Gasteiger partial charge >= 0.3 is 0 Å². The molecule has 0 aliphatic rings. The molecule has 0 spiro atoms. The molecule has 5 heteroatoms. The lowest BCUT2D eigenvalue weighted by Crippen LogP contribution is -2.26. The number of rotatable bonds is 7. The molecule has 0 heterocycles. The smallest absolute Gasteiger partial charge is 0.251 e. The van der Waals surface area contributed by atoms with Gasteiger partial charge < -0.3 is 14.8 Å². The maximum atomic E-state index is 13.2. The number of carbonyl (C=O) groups excluding carboxylic acids is 1. The Morgan fingerprint density at radius 3 is 2.47 bits per heavy atom. The maximum absolute atomic E-state index is 13.2. The molecule has 0 fully saturated rings. The predicted molar refractivity (Wildman–Crippen MR) is 124 cm³/mol. The van der Waals surface area contributed by atoms with Crippen molar-refractivity contribution in [1.29, 1.82) is 0 Å². The molecule has 162 valence electrons. The van der Waals surface area contributed by atoms with Gasteiger partial charge in [0.2, 0.25) is 0 Å². The molecular formula is C27H24FNO3. The van der Waals surface area contributed by atoms with E-state index < -0.39 is 0 Å². The SMILES string of the molecule is COc1ccc(C(=O)N[C@@H](C)c2ccc(F)cc2)cc1COc1cccc2ccccc12. The molecule has 0 aromatic heterocycles. The van der Waals surface area contributed by atoms with Crippen LogP contribution in [-0.2, 0) is 6.61 Å². The van der Waals surface area contributed by atoms with Crippen molar-refractivity contribution < 1.29 is 18.7 Å². The van der Waals surface area contributed by atoms with Gasteiger partial charge in [0.1, 0.15) is 23.9 Å². The molecule has 4 aromatic rings. The van der Waals surface area contributed by atoms with Gasteiger partial charge in [-0.25, -0.2) is 4.39 Å². The summed E-state index contributed by atoms with van der Waals surface area (Å²) in [6.45, 7) is 2.12. The van der Waals surface area contributed by atoms with Crippen molar-refractivity contribution in [1.82, 2.24) is 5.32 Å². The van der Waals surface area contributed by atoms with Gasteiger partial charge in [0.05, 0.1) is 13.2 Å². The molecular weight excluding hydrogens is 405 g/mol. The van der Waals surface area contributed by atoms with E-state index in [1.165, 1.54) is 12.1 Å². The molecule has 0 unspecified atom stereocenters. The monoisotopic (exact) mass is 429 g/mol. The van der Waals surface area contributed by atoms with Crippen LogP contribution in [0.15, 0.2) is 84.9 Å². The highest BCUT2D eigenvalue weighted by Gasteiger charge is 2.15. The summed E-state index contributed by atoms with van der Waals surface area (Å²) < 4.78 is 24.7. The van der Waals surface area contributed by atoms with Crippen LogP contribution in [0.3, 0.4) is 0 Å². The Kier molecular flexibility index (Phi) is 6.36. The van der Waals surface area contributed by atoms with E-state index in [-0.39, 0.29) is 24.4 Å². The molecule has 4 rings (SSSR count).